The molecule has 0 fully saturated rings. The van der Waals surface area contributed by atoms with Crippen LogP contribution in [0.1, 0.15) is 5.56 Å². The third-order valence-electron chi connectivity index (χ3n) is 3.18. The molecule has 4 heteroatoms. The summed E-state index contributed by atoms with van der Waals surface area (Å²) in [7, 11) is 0. The van der Waals surface area contributed by atoms with E-state index < -0.39 is 0 Å². The molecule has 4 nitrogen and oxygen atoms in total. The van der Waals surface area contributed by atoms with E-state index >= 15 is 0 Å². The molecule has 1 N–H and O–H groups in total. The van der Waals surface area contributed by atoms with Gasteiger partial charge in [-0.25, -0.2) is 9.97 Å². The van der Waals surface area contributed by atoms with Crippen LogP contribution in [0, 0.1) is 0 Å². The highest BCUT2D eigenvalue weighted by Gasteiger charge is 2.02. The normalized spacial score (nSPS) is 10.6. The Hall–Kier alpha value is -3.27. The Labute approximate surface area is 134 Å². The Morgan fingerprint density at radius 2 is 1.48 bits per heavy atom. The second kappa shape index (κ2) is 7.13. The van der Waals surface area contributed by atoms with Crippen molar-refractivity contribution in [3.05, 3.63) is 84.7 Å². The van der Waals surface area contributed by atoms with E-state index in [1.807, 2.05) is 60.7 Å². The first-order valence-corrected chi connectivity index (χ1v) is 7.23. The van der Waals surface area contributed by atoms with Gasteiger partial charge < -0.3 is 5.32 Å². The number of carbonyl (C=O) groups excluding carboxylic acids is 1. The van der Waals surface area contributed by atoms with Gasteiger partial charge in [0.2, 0.25) is 5.91 Å². The minimum atomic E-state index is -0.218. The number of anilines is 1. The third kappa shape index (κ3) is 4.11. The van der Waals surface area contributed by atoms with Gasteiger partial charge in [0.05, 0.1) is 18.1 Å². The van der Waals surface area contributed by atoms with Gasteiger partial charge in [0, 0.05) is 11.6 Å². The highest BCUT2D eigenvalue weighted by atomic mass is 16.1. The molecule has 0 aliphatic heterocycles. The molecule has 0 saturated carbocycles. The minimum absolute atomic E-state index is 0.218. The molecule has 0 bridgehead atoms. The number of carbonyl (C=O) groups is 1. The van der Waals surface area contributed by atoms with Crippen molar-refractivity contribution in [3.8, 4) is 11.4 Å². The molecule has 0 aliphatic carbocycles. The average Bonchev–Trinajstić information content (AvgIpc) is 2.62. The fourth-order valence-electron chi connectivity index (χ4n) is 2.05. The molecule has 0 unspecified atom stereocenters. The Kier molecular flexibility index (Phi) is 4.55. The van der Waals surface area contributed by atoms with Crippen molar-refractivity contribution >= 4 is 17.7 Å². The molecule has 0 radical (unpaired) electrons. The largest absolute Gasteiger partial charge is 0.320 e. The summed E-state index contributed by atoms with van der Waals surface area (Å²) in [4.78, 5) is 20.4. The number of hydrogen-bond donors (Lipinski definition) is 1. The van der Waals surface area contributed by atoms with Gasteiger partial charge in [0.15, 0.2) is 5.82 Å². The van der Waals surface area contributed by atoms with Crippen molar-refractivity contribution in [2.45, 2.75) is 0 Å². The topological polar surface area (TPSA) is 54.9 Å². The summed E-state index contributed by atoms with van der Waals surface area (Å²) in [6, 6.07) is 19.3. The summed E-state index contributed by atoms with van der Waals surface area (Å²) < 4.78 is 0. The van der Waals surface area contributed by atoms with Gasteiger partial charge >= 0.3 is 0 Å². The van der Waals surface area contributed by atoms with E-state index in [1.54, 1.807) is 18.5 Å². The van der Waals surface area contributed by atoms with Gasteiger partial charge in [-0.1, -0.05) is 60.7 Å². The first-order chi connectivity index (χ1) is 11.3. The van der Waals surface area contributed by atoms with Gasteiger partial charge in [-0.2, -0.15) is 0 Å². The van der Waals surface area contributed by atoms with Crippen molar-refractivity contribution in [1.29, 1.82) is 0 Å². The predicted molar refractivity (Wildman–Crippen MR) is 91.6 cm³/mol. The van der Waals surface area contributed by atoms with Gasteiger partial charge in [0.1, 0.15) is 0 Å². The number of nitrogens with zero attached hydrogens (tertiary/aromatic N) is 2. The molecule has 0 aliphatic rings. The van der Waals surface area contributed by atoms with E-state index in [1.165, 1.54) is 6.08 Å². The van der Waals surface area contributed by atoms with Crippen molar-refractivity contribution in [1.82, 2.24) is 9.97 Å². The first kappa shape index (κ1) is 14.7. The van der Waals surface area contributed by atoms with E-state index in [0.717, 1.165) is 11.1 Å². The second-order valence-corrected chi connectivity index (χ2v) is 4.89. The Morgan fingerprint density at radius 1 is 0.870 bits per heavy atom. The molecule has 0 atom stereocenters. The van der Waals surface area contributed by atoms with Crippen molar-refractivity contribution < 1.29 is 4.79 Å². The molecule has 2 aromatic carbocycles. The highest BCUT2D eigenvalue weighted by Crippen LogP contribution is 2.14. The first-order valence-electron chi connectivity index (χ1n) is 7.23. The van der Waals surface area contributed by atoms with E-state index in [0.29, 0.717) is 11.5 Å². The summed E-state index contributed by atoms with van der Waals surface area (Å²) >= 11 is 0. The van der Waals surface area contributed by atoms with Gasteiger partial charge in [-0.15, -0.1) is 0 Å². The van der Waals surface area contributed by atoms with Crippen LogP contribution < -0.4 is 5.32 Å². The van der Waals surface area contributed by atoms with Crippen LogP contribution in [0.5, 0.6) is 0 Å². The molecule has 0 spiro atoms. The zero-order valence-corrected chi connectivity index (χ0v) is 12.4. The lowest BCUT2D eigenvalue weighted by Gasteiger charge is -2.03. The maximum atomic E-state index is 11.9. The van der Waals surface area contributed by atoms with Crippen LogP contribution in [0.25, 0.3) is 17.5 Å². The van der Waals surface area contributed by atoms with Crippen molar-refractivity contribution in [2.75, 3.05) is 5.32 Å². The van der Waals surface area contributed by atoms with E-state index in [9.17, 15) is 4.79 Å². The van der Waals surface area contributed by atoms with Gasteiger partial charge in [0.25, 0.3) is 0 Å². The van der Waals surface area contributed by atoms with Crippen LogP contribution in [0.4, 0.5) is 5.69 Å². The smallest absolute Gasteiger partial charge is 0.248 e. The lowest BCUT2D eigenvalue weighted by molar-refractivity contribution is -0.111. The third-order valence-corrected chi connectivity index (χ3v) is 3.18. The average molecular weight is 301 g/mol. The summed E-state index contributed by atoms with van der Waals surface area (Å²) in [6.45, 7) is 0. The Bertz CT molecular complexity index is 797. The van der Waals surface area contributed by atoms with Gasteiger partial charge in [-0.3, -0.25) is 4.79 Å². The summed E-state index contributed by atoms with van der Waals surface area (Å²) in [5.74, 6) is 0.411. The van der Waals surface area contributed by atoms with E-state index in [4.69, 9.17) is 0 Å². The van der Waals surface area contributed by atoms with E-state index in [-0.39, 0.29) is 5.91 Å². The van der Waals surface area contributed by atoms with Crippen LogP contribution in [-0.2, 0) is 4.79 Å². The molecular weight excluding hydrogens is 286 g/mol. The Morgan fingerprint density at radius 3 is 2.13 bits per heavy atom. The lowest BCUT2D eigenvalue weighted by atomic mass is 10.2. The zero-order valence-electron chi connectivity index (χ0n) is 12.4. The molecule has 3 aromatic rings. The number of amides is 1. The summed E-state index contributed by atoms with van der Waals surface area (Å²) in [5, 5.41) is 2.74. The predicted octanol–water partition coefficient (Wildman–Crippen LogP) is 3.80. The zero-order chi connectivity index (χ0) is 15.9. The number of rotatable bonds is 4. The summed E-state index contributed by atoms with van der Waals surface area (Å²) in [6.07, 6.45) is 6.45. The molecule has 112 valence electrons. The molecule has 23 heavy (non-hydrogen) atoms. The number of hydrogen-bond acceptors (Lipinski definition) is 3. The summed E-state index contributed by atoms with van der Waals surface area (Å²) in [5.41, 5.74) is 2.47. The van der Waals surface area contributed by atoms with Crippen molar-refractivity contribution in [2.24, 2.45) is 0 Å². The van der Waals surface area contributed by atoms with Crippen LogP contribution in [0.3, 0.4) is 0 Å². The molecule has 1 heterocycles. The SMILES string of the molecule is O=C(/C=C/c1ccccc1)Nc1cnc(-c2ccccc2)nc1. The monoisotopic (exact) mass is 301 g/mol. The molecule has 1 amide bonds. The molecule has 3 rings (SSSR count). The molecule has 0 saturated heterocycles. The maximum Gasteiger partial charge on any atom is 0.248 e. The van der Waals surface area contributed by atoms with E-state index in [2.05, 4.69) is 15.3 Å². The second-order valence-electron chi connectivity index (χ2n) is 4.89. The number of aromatic nitrogens is 2. The fraction of sp³-hybridized carbons (Fsp3) is 0. The minimum Gasteiger partial charge on any atom is -0.320 e. The number of nitrogens with one attached hydrogen (secondary N) is 1. The quantitative estimate of drug-likeness (QED) is 0.746. The Balaban J connectivity index is 1.64. The van der Waals surface area contributed by atoms with Crippen LogP contribution in [0.15, 0.2) is 79.1 Å². The van der Waals surface area contributed by atoms with Crippen LogP contribution in [0.2, 0.25) is 0 Å². The lowest BCUT2D eigenvalue weighted by Crippen LogP contribution is -2.08. The van der Waals surface area contributed by atoms with Crippen molar-refractivity contribution in [3.63, 3.8) is 0 Å². The molecular formula is C19H15N3O. The molecule has 1 aromatic heterocycles. The van der Waals surface area contributed by atoms with Gasteiger partial charge in [-0.05, 0) is 11.6 Å². The number of benzene rings is 2. The maximum absolute atomic E-state index is 11.9. The van der Waals surface area contributed by atoms with Crippen LogP contribution in [-0.4, -0.2) is 15.9 Å². The highest BCUT2D eigenvalue weighted by molar-refractivity contribution is 6.01. The standard InChI is InChI=1S/C19H15N3O/c23-18(12-11-15-7-3-1-4-8-15)22-17-13-20-19(21-14-17)16-9-5-2-6-10-16/h1-14H,(H,22,23)/b12-11+. The fourth-order valence-corrected chi connectivity index (χ4v) is 2.05. The van der Waals surface area contributed by atoms with Crippen LogP contribution >= 0.6 is 0 Å².